The molecule has 1 fully saturated rings. The van der Waals surface area contributed by atoms with E-state index < -0.39 is 0 Å². The van der Waals surface area contributed by atoms with E-state index in [1.165, 1.54) is 103 Å². The lowest BCUT2D eigenvalue weighted by Crippen LogP contribution is -2.55. The summed E-state index contributed by atoms with van der Waals surface area (Å²) in [7, 11) is 0. The monoisotopic (exact) mass is 424 g/mol. The van der Waals surface area contributed by atoms with Crippen LogP contribution in [0.4, 0.5) is 0 Å². The zero-order valence-electron chi connectivity index (χ0n) is 21.2. The fourth-order valence-corrected chi connectivity index (χ4v) is 4.75. The van der Waals surface area contributed by atoms with Crippen LogP contribution >= 0.6 is 0 Å². The molecule has 0 aliphatic carbocycles. The molecular weight excluding hydrogens is 368 g/mol. The highest BCUT2D eigenvalue weighted by Gasteiger charge is 2.16. The normalized spacial score (nSPS) is 24.0. The molecule has 1 saturated heterocycles. The van der Waals surface area contributed by atoms with Crippen LogP contribution in [0, 0.1) is 11.8 Å². The molecule has 2 atom stereocenters. The van der Waals surface area contributed by atoms with Crippen LogP contribution < -0.4 is 11.1 Å². The summed E-state index contributed by atoms with van der Waals surface area (Å²) in [4.78, 5) is 0. The maximum atomic E-state index is 3.58. The predicted molar refractivity (Wildman–Crippen MR) is 133 cm³/mol. The van der Waals surface area contributed by atoms with Crippen molar-refractivity contribution in [2.45, 2.75) is 130 Å². The number of unbranched alkanes of at least 4 members (excludes halogenated alkanes) is 4. The second-order valence-electron chi connectivity index (χ2n) is 9.78. The van der Waals surface area contributed by atoms with Gasteiger partial charge in [-0.1, -0.05) is 91.9 Å². The number of hydrogen-bond acceptors (Lipinski definition) is 4. The third kappa shape index (κ3) is 14.0. The van der Waals surface area contributed by atoms with Gasteiger partial charge in [-0.3, -0.25) is 0 Å². The molecule has 1 aliphatic heterocycles. The molecule has 0 aromatic heterocycles. The molecule has 4 heteroatoms. The predicted octanol–water partition coefficient (Wildman–Crippen LogP) is 7.08. The Balaban J connectivity index is 2.72. The Morgan fingerprint density at radius 2 is 0.967 bits per heavy atom. The highest BCUT2D eigenvalue weighted by Crippen LogP contribution is 2.27. The Bertz CT molecular complexity index is 297. The Morgan fingerprint density at radius 1 is 0.567 bits per heavy atom. The molecule has 180 valence electrons. The molecule has 0 amide bonds. The van der Waals surface area contributed by atoms with Gasteiger partial charge in [0.25, 0.3) is 0 Å². The van der Waals surface area contributed by atoms with Crippen molar-refractivity contribution in [2.75, 3.05) is 26.2 Å². The summed E-state index contributed by atoms with van der Waals surface area (Å²) in [6.45, 7) is 13.9. The summed E-state index contributed by atoms with van der Waals surface area (Å²) in [6.07, 6.45) is 21.8. The average Bonchev–Trinajstić information content (AvgIpc) is 2.76. The minimum atomic E-state index is 0.944. The van der Waals surface area contributed by atoms with Crippen LogP contribution in [0.1, 0.15) is 130 Å². The molecule has 0 spiro atoms. The molecule has 2 N–H and O–H groups in total. The minimum absolute atomic E-state index is 0.944. The van der Waals surface area contributed by atoms with Gasteiger partial charge in [-0.15, -0.1) is 0 Å². The van der Waals surface area contributed by atoms with Crippen molar-refractivity contribution in [3.8, 4) is 0 Å². The summed E-state index contributed by atoms with van der Waals surface area (Å²) in [5.41, 5.74) is 7.16. The van der Waals surface area contributed by atoms with Crippen LogP contribution in [0.2, 0.25) is 0 Å². The summed E-state index contributed by atoms with van der Waals surface area (Å²) in [5.74, 6) is 1.89. The van der Waals surface area contributed by atoms with Crippen molar-refractivity contribution in [3.63, 3.8) is 0 Å². The lowest BCUT2D eigenvalue weighted by atomic mass is 9.85. The molecule has 1 aliphatic rings. The molecule has 1 rings (SSSR count). The van der Waals surface area contributed by atoms with Gasteiger partial charge in [-0.05, 0) is 50.4 Å². The first-order valence-corrected chi connectivity index (χ1v) is 13.7. The highest BCUT2D eigenvalue weighted by atomic mass is 15.8. The van der Waals surface area contributed by atoms with Gasteiger partial charge < -0.3 is 0 Å². The number of rotatable bonds is 12. The summed E-state index contributed by atoms with van der Waals surface area (Å²) < 4.78 is 0. The first-order valence-electron chi connectivity index (χ1n) is 13.7. The van der Waals surface area contributed by atoms with Crippen LogP contribution in [0.3, 0.4) is 0 Å². The Kier molecular flexibility index (Phi) is 18.1. The van der Waals surface area contributed by atoms with Gasteiger partial charge in [0.15, 0.2) is 0 Å². The Hall–Kier alpha value is -0.160. The van der Waals surface area contributed by atoms with Gasteiger partial charge in [-0.2, -0.15) is 11.1 Å². The van der Waals surface area contributed by atoms with E-state index in [0.717, 1.165) is 38.0 Å². The highest BCUT2D eigenvalue weighted by molar-refractivity contribution is 4.68. The molecular formula is C26H56N4. The van der Waals surface area contributed by atoms with E-state index in [-0.39, 0.29) is 0 Å². The van der Waals surface area contributed by atoms with Gasteiger partial charge in [0.05, 0.1) is 0 Å². The van der Waals surface area contributed by atoms with Gasteiger partial charge in [0.2, 0.25) is 0 Å². The van der Waals surface area contributed by atoms with Crippen molar-refractivity contribution >= 4 is 0 Å². The molecule has 30 heavy (non-hydrogen) atoms. The lowest BCUT2D eigenvalue weighted by molar-refractivity contribution is 0.0424. The van der Waals surface area contributed by atoms with Crippen LogP contribution in [0.15, 0.2) is 0 Å². The summed E-state index contributed by atoms with van der Waals surface area (Å²) in [5, 5.41) is 4.88. The quantitative estimate of drug-likeness (QED) is 0.350. The van der Waals surface area contributed by atoms with Crippen LogP contribution in [-0.4, -0.2) is 36.2 Å². The van der Waals surface area contributed by atoms with Crippen LogP contribution in [0.25, 0.3) is 0 Å². The zero-order valence-corrected chi connectivity index (χ0v) is 21.2. The van der Waals surface area contributed by atoms with E-state index in [9.17, 15) is 0 Å². The maximum absolute atomic E-state index is 3.58. The van der Waals surface area contributed by atoms with Crippen molar-refractivity contribution in [1.82, 2.24) is 21.1 Å². The van der Waals surface area contributed by atoms with E-state index in [1.54, 1.807) is 0 Å². The molecule has 0 saturated carbocycles. The third-order valence-corrected chi connectivity index (χ3v) is 6.93. The van der Waals surface area contributed by atoms with Crippen molar-refractivity contribution in [1.29, 1.82) is 0 Å². The third-order valence-electron chi connectivity index (χ3n) is 6.93. The largest absolute Gasteiger partial charge is 0.230 e. The van der Waals surface area contributed by atoms with Gasteiger partial charge in [0.1, 0.15) is 0 Å². The topological polar surface area (TPSA) is 30.5 Å². The van der Waals surface area contributed by atoms with E-state index >= 15 is 0 Å². The van der Waals surface area contributed by atoms with Crippen molar-refractivity contribution in [3.05, 3.63) is 0 Å². The first kappa shape index (κ1) is 27.9. The molecule has 0 aromatic carbocycles. The fraction of sp³-hybridized carbons (Fsp3) is 1.00. The lowest BCUT2D eigenvalue weighted by Gasteiger charge is -2.31. The van der Waals surface area contributed by atoms with Crippen molar-refractivity contribution < 1.29 is 0 Å². The minimum Gasteiger partial charge on any atom is -0.230 e. The summed E-state index contributed by atoms with van der Waals surface area (Å²) >= 11 is 0. The number of hydrazine groups is 3. The Labute approximate surface area is 189 Å². The smallest absolute Gasteiger partial charge is 0.0144 e. The number of nitrogens with zero attached hydrogens (tertiary/aromatic N) is 2. The maximum Gasteiger partial charge on any atom is 0.0144 e. The zero-order chi connectivity index (χ0) is 21.9. The second-order valence-corrected chi connectivity index (χ2v) is 9.78. The fourth-order valence-electron chi connectivity index (χ4n) is 4.75. The standard InChI is InChI=1S/C26H56N4/c1-5-9-15-25-17-13-23-29(21-11-7-3)27-28-30(22-12-8-4)24-14-18-26(20-19-25)16-10-6-2/h25-28H,5-24H2,1-4H3. The SMILES string of the molecule is CCCCC1CCCN(CCCC)NNN(CCCC)CCCC(CCCC)CC1. The average molecular weight is 425 g/mol. The van der Waals surface area contributed by atoms with E-state index in [1.807, 2.05) is 0 Å². The molecule has 1 heterocycles. The van der Waals surface area contributed by atoms with E-state index in [2.05, 4.69) is 48.8 Å². The van der Waals surface area contributed by atoms with Crippen LogP contribution in [0.5, 0.6) is 0 Å². The number of hydrogen-bond donors (Lipinski definition) is 2. The summed E-state index contributed by atoms with van der Waals surface area (Å²) in [6, 6.07) is 0. The van der Waals surface area contributed by atoms with Crippen LogP contribution in [-0.2, 0) is 0 Å². The molecule has 0 radical (unpaired) electrons. The van der Waals surface area contributed by atoms with Crippen molar-refractivity contribution in [2.24, 2.45) is 11.8 Å². The second kappa shape index (κ2) is 19.5. The van der Waals surface area contributed by atoms with Gasteiger partial charge in [-0.25, -0.2) is 10.0 Å². The molecule has 4 nitrogen and oxygen atoms in total. The first-order chi connectivity index (χ1) is 14.7. The number of nitrogens with one attached hydrogen (secondary N) is 2. The van der Waals surface area contributed by atoms with Gasteiger partial charge in [0, 0.05) is 26.2 Å². The molecule has 0 aromatic rings. The molecule has 0 bridgehead atoms. The van der Waals surface area contributed by atoms with Gasteiger partial charge >= 0.3 is 0 Å². The Morgan fingerprint density at radius 3 is 1.33 bits per heavy atom. The van der Waals surface area contributed by atoms with E-state index in [4.69, 9.17) is 0 Å². The van der Waals surface area contributed by atoms with E-state index in [0.29, 0.717) is 0 Å². The molecule has 2 unspecified atom stereocenters.